The second kappa shape index (κ2) is 8.06. The molecule has 0 atom stereocenters. The Morgan fingerprint density at radius 2 is 1.83 bits per heavy atom. The van der Waals surface area contributed by atoms with Crippen molar-refractivity contribution in [2.45, 2.75) is 17.9 Å². The summed E-state index contributed by atoms with van der Waals surface area (Å²) in [6.45, 7) is 0.746. The standard InChI is InChI=1S/C21H18BrN3O3S/c22-18-8-9-20(23-13-18)24-21(26)16-6-3-7-19(12-16)29(27,28)25-11-10-15-4-1-2-5-17(15)14-25/h1-9,12-13H,10-11,14H2,(H,23,24,26). The number of fused-ring (bicyclic) bond motifs is 1. The highest BCUT2D eigenvalue weighted by Crippen LogP contribution is 2.25. The third-order valence-corrected chi connectivity index (χ3v) is 7.11. The van der Waals surface area contributed by atoms with E-state index in [1.54, 1.807) is 30.5 Å². The van der Waals surface area contributed by atoms with Crippen LogP contribution in [0.15, 0.2) is 76.2 Å². The van der Waals surface area contributed by atoms with Crippen molar-refractivity contribution < 1.29 is 13.2 Å². The highest BCUT2D eigenvalue weighted by Gasteiger charge is 2.28. The maximum absolute atomic E-state index is 13.1. The quantitative estimate of drug-likeness (QED) is 0.626. The molecule has 6 nitrogen and oxygen atoms in total. The summed E-state index contributed by atoms with van der Waals surface area (Å²) < 4.78 is 28.5. The van der Waals surface area contributed by atoms with Crippen molar-refractivity contribution in [1.29, 1.82) is 0 Å². The van der Waals surface area contributed by atoms with Crippen molar-refractivity contribution in [3.63, 3.8) is 0 Å². The largest absolute Gasteiger partial charge is 0.307 e. The molecule has 148 valence electrons. The SMILES string of the molecule is O=C(Nc1ccc(Br)cn1)c1cccc(S(=O)(=O)N2CCc3ccccc3C2)c1. The number of halogens is 1. The van der Waals surface area contributed by atoms with E-state index >= 15 is 0 Å². The van der Waals surface area contributed by atoms with E-state index in [0.29, 0.717) is 25.3 Å². The first-order valence-corrected chi connectivity index (χ1v) is 11.3. The van der Waals surface area contributed by atoms with Crippen molar-refractivity contribution in [2.75, 3.05) is 11.9 Å². The Balaban J connectivity index is 1.56. The normalized spacial score (nSPS) is 14.2. The minimum absolute atomic E-state index is 0.105. The molecule has 0 bridgehead atoms. The lowest BCUT2D eigenvalue weighted by atomic mass is 10.0. The monoisotopic (exact) mass is 471 g/mol. The zero-order chi connectivity index (χ0) is 20.4. The first-order chi connectivity index (χ1) is 13.9. The van der Waals surface area contributed by atoms with Crippen LogP contribution < -0.4 is 5.32 Å². The molecule has 0 aliphatic carbocycles. The summed E-state index contributed by atoms with van der Waals surface area (Å²) in [6, 6.07) is 17.4. The zero-order valence-corrected chi connectivity index (χ0v) is 17.8. The minimum Gasteiger partial charge on any atom is -0.307 e. The number of pyridine rings is 1. The predicted molar refractivity (Wildman–Crippen MR) is 114 cm³/mol. The molecule has 4 rings (SSSR count). The number of carbonyl (C=O) groups is 1. The molecule has 0 fully saturated rings. The molecule has 8 heteroatoms. The second-order valence-electron chi connectivity index (χ2n) is 6.70. The van der Waals surface area contributed by atoms with Crippen LogP contribution in [-0.2, 0) is 23.0 Å². The number of hydrogen-bond donors (Lipinski definition) is 1. The molecule has 0 spiro atoms. The fourth-order valence-corrected chi connectivity index (χ4v) is 4.96. The number of rotatable bonds is 4. The van der Waals surface area contributed by atoms with E-state index in [0.717, 1.165) is 10.0 Å². The summed E-state index contributed by atoms with van der Waals surface area (Å²) in [7, 11) is -3.71. The topological polar surface area (TPSA) is 79.4 Å². The lowest BCUT2D eigenvalue weighted by Crippen LogP contribution is -2.36. The van der Waals surface area contributed by atoms with Gasteiger partial charge in [0.2, 0.25) is 10.0 Å². The minimum atomic E-state index is -3.71. The van der Waals surface area contributed by atoms with Gasteiger partial charge < -0.3 is 5.32 Å². The summed E-state index contributed by atoms with van der Waals surface area (Å²) in [4.78, 5) is 16.8. The van der Waals surface area contributed by atoms with Gasteiger partial charge in [0.15, 0.2) is 0 Å². The van der Waals surface area contributed by atoms with E-state index in [2.05, 4.69) is 26.2 Å². The van der Waals surface area contributed by atoms with Gasteiger partial charge >= 0.3 is 0 Å². The van der Waals surface area contributed by atoms with E-state index < -0.39 is 15.9 Å². The van der Waals surface area contributed by atoms with Crippen molar-refractivity contribution in [2.24, 2.45) is 0 Å². The van der Waals surface area contributed by atoms with E-state index in [4.69, 9.17) is 0 Å². The van der Waals surface area contributed by atoms with Crippen LogP contribution in [0, 0.1) is 0 Å². The van der Waals surface area contributed by atoms with E-state index in [1.165, 1.54) is 22.0 Å². The van der Waals surface area contributed by atoms with E-state index in [-0.39, 0.29) is 10.5 Å². The van der Waals surface area contributed by atoms with Crippen LogP contribution in [0.1, 0.15) is 21.5 Å². The van der Waals surface area contributed by atoms with Crippen LogP contribution in [0.2, 0.25) is 0 Å². The Morgan fingerprint density at radius 1 is 1.03 bits per heavy atom. The van der Waals surface area contributed by atoms with Gasteiger partial charge in [-0.25, -0.2) is 13.4 Å². The van der Waals surface area contributed by atoms with Crippen LogP contribution >= 0.6 is 15.9 Å². The fraction of sp³-hybridized carbons (Fsp3) is 0.143. The lowest BCUT2D eigenvalue weighted by molar-refractivity contribution is 0.102. The van der Waals surface area contributed by atoms with Gasteiger partial charge in [0.1, 0.15) is 5.82 Å². The van der Waals surface area contributed by atoms with Crippen LogP contribution in [0.4, 0.5) is 5.82 Å². The molecule has 1 aromatic heterocycles. The second-order valence-corrected chi connectivity index (χ2v) is 9.55. The number of sulfonamides is 1. The Bertz CT molecular complexity index is 1160. The van der Waals surface area contributed by atoms with Crippen LogP contribution in [0.5, 0.6) is 0 Å². The molecule has 0 saturated heterocycles. The van der Waals surface area contributed by atoms with E-state index in [9.17, 15) is 13.2 Å². The maximum Gasteiger partial charge on any atom is 0.256 e. The average Bonchev–Trinajstić information content (AvgIpc) is 2.75. The number of carbonyl (C=O) groups excluding carboxylic acids is 1. The molecule has 1 N–H and O–H groups in total. The number of nitrogens with zero attached hydrogens (tertiary/aromatic N) is 2. The molecule has 29 heavy (non-hydrogen) atoms. The number of amides is 1. The van der Waals surface area contributed by atoms with Gasteiger partial charge in [-0.1, -0.05) is 30.3 Å². The Hall–Kier alpha value is -2.55. The number of hydrogen-bond acceptors (Lipinski definition) is 4. The highest BCUT2D eigenvalue weighted by atomic mass is 79.9. The number of nitrogens with one attached hydrogen (secondary N) is 1. The number of benzene rings is 2. The van der Waals surface area contributed by atoms with Crippen LogP contribution in [0.3, 0.4) is 0 Å². The van der Waals surface area contributed by atoms with Gasteiger partial charge in [-0.15, -0.1) is 0 Å². The van der Waals surface area contributed by atoms with Gasteiger partial charge in [-0.2, -0.15) is 4.31 Å². The summed E-state index contributed by atoms with van der Waals surface area (Å²) >= 11 is 3.29. The smallest absolute Gasteiger partial charge is 0.256 e. The van der Waals surface area contributed by atoms with Gasteiger partial charge in [-0.05, 0) is 63.8 Å². The molecule has 1 aliphatic heterocycles. The summed E-state index contributed by atoms with van der Waals surface area (Å²) in [5.74, 6) is -0.0278. The summed E-state index contributed by atoms with van der Waals surface area (Å²) in [6.07, 6.45) is 2.25. The molecule has 3 aromatic rings. The Labute approximate surface area is 177 Å². The van der Waals surface area contributed by atoms with Crippen molar-refractivity contribution in [3.8, 4) is 0 Å². The Morgan fingerprint density at radius 3 is 2.59 bits per heavy atom. The van der Waals surface area contributed by atoms with Crippen molar-refractivity contribution in [1.82, 2.24) is 9.29 Å². The summed E-state index contributed by atoms with van der Waals surface area (Å²) in [5, 5.41) is 2.68. The molecular weight excluding hydrogens is 454 g/mol. The first-order valence-electron chi connectivity index (χ1n) is 9.03. The van der Waals surface area contributed by atoms with Gasteiger partial charge in [0.25, 0.3) is 5.91 Å². The number of aromatic nitrogens is 1. The first kappa shape index (κ1) is 19.8. The van der Waals surface area contributed by atoms with Crippen molar-refractivity contribution in [3.05, 3.63) is 88.0 Å². The Kier molecular flexibility index (Phi) is 5.49. The van der Waals surface area contributed by atoms with Gasteiger partial charge in [-0.3, -0.25) is 4.79 Å². The molecule has 1 amide bonds. The highest BCUT2D eigenvalue weighted by molar-refractivity contribution is 9.10. The third kappa shape index (κ3) is 4.24. The van der Waals surface area contributed by atoms with Crippen LogP contribution in [0.25, 0.3) is 0 Å². The summed E-state index contributed by atoms with van der Waals surface area (Å²) in [5.41, 5.74) is 2.44. The average molecular weight is 472 g/mol. The molecule has 2 heterocycles. The number of anilines is 1. The molecule has 0 unspecified atom stereocenters. The molecule has 1 aliphatic rings. The zero-order valence-electron chi connectivity index (χ0n) is 15.4. The van der Waals surface area contributed by atoms with Crippen LogP contribution in [-0.4, -0.2) is 30.2 Å². The molecule has 2 aromatic carbocycles. The van der Waals surface area contributed by atoms with Crippen molar-refractivity contribution >= 4 is 37.7 Å². The van der Waals surface area contributed by atoms with E-state index in [1.807, 2.05) is 24.3 Å². The lowest BCUT2D eigenvalue weighted by Gasteiger charge is -2.28. The van der Waals surface area contributed by atoms with Gasteiger partial charge in [0.05, 0.1) is 4.90 Å². The maximum atomic E-state index is 13.1. The molecular formula is C21H18BrN3O3S. The van der Waals surface area contributed by atoms with Gasteiger partial charge in [0, 0.05) is 29.3 Å². The molecule has 0 saturated carbocycles. The third-order valence-electron chi connectivity index (χ3n) is 4.80. The predicted octanol–water partition coefficient (Wildman–Crippen LogP) is 3.84. The fourth-order valence-electron chi connectivity index (χ4n) is 3.26. The molecule has 0 radical (unpaired) electrons.